The number of benzene rings is 2. The van der Waals surface area contributed by atoms with Gasteiger partial charge in [-0.1, -0.05) is 60.7 Å². The Morgan fingerprint density at radius 3 is 1.19 bits per heavy atom. The van der Waals surface area contributed by atoms with Crippen LogP contribution in [0.25, 0.3) is 0 Å². The van der Waals surface area contributed by atoms with Crippen LogP contribution < -0.4 is 0 Å². The van der Waals surface area contributed by atoms with Crippen molar-refractivity contribution in [3.8, 4) is 0 Å². The second-order valence-electron chi connectivity index (χ2n) is 3.47. The molecule has 0 atom stereocenters. The summed E-state index contributed by atoms with van der Waals surface area (Å²) in [6, 6.07) is 21.2. The molecule has 0 saturated carbocycles. The predicted molar refractivity (Wildman–Crippen MR) is 67.5 cm³/mol. The third kappa shape index (κ3) is 5.09. The molecule has 0 fully saturated rings. The number of hydrogen-bond acceptors (Lipinski definition) is 0. The molecule has 0 spiro atoms. The van der Waals surface area contributed by atoms with Gasteiger partial charge in [0.25, 0.3) is 0 Å². The van der Waals surface area contributed by atoms with Gasteiger partial charge in [-0.2, -0.15) is 0 Å². The summed E-state index contributed by atoms with van der Waals surface area (Å²) >= 11 is 0. The maximum atomic E-state index is 2.18. The van der Waals surface area contributed by atoms with Gasteiger partial charge in [-0.25, -0.2) is 0 Å². The van der Waals surface area contributed by atoms with Gasteiger partial charge in [0.1, 0.15) is 0 Å². The summed E-state index contributed by atoms with van der Waals surface area (Å²) in [6.45, 7) is 0. The topological polar surface area (TPSA) is 0 Å². The van der Waals surface area contributed by atoms with Crippen molar-refractivity contribution < 1.29 is 25.8 Å². The van der Waals surface area contributed by atoms with E-state index in [0.717, 1.165) is 12.8 Å². The molecule has 0 amide bonds. The average molecular weight is 397 g/mol. The molecule has 0 heterocycles. The van der Waals surface area contributed by atoms with Crippen LogP contribution in [0.5, 0.6) is 0 Å². The second-order valence-corrected chi connectivity index (χ2v) is 3.47. The van der Waals surface area contributed by atoms with E-state index < -0.39 is 0 Å². The molecule has 2 aromatic rings. The summed E-state index contributed by atoms with van der Waals surface area (Å²) in [5, 5.41) is 0. The summed E-state index contributed by atoms with van der Waals surface area (Å²) in [6.07, 6.45) is 2.26. The number of halogens is 1. The molecule has 0 nitrogen and oxygen atoms in total. The van der Waals surface area contributed by atoms with Gasteiger partial charge in [0.2, 0.25) is 0 Å². The van der Waals surface area contributed by atoms with Crippen LogP contribution in [-0.2, 0) is 38.7 Å². The number of rotatable bonds is 3. The molecule has 16 heavy (non-hydrogen) atoms. The molecule has 2 rings (SSSR count). The number of aryl methyl sites for hydroxylation is 2. The van der Waals surface area contributed by atoms with E-state index in [9.17, 15) is 0 Å². The monoisotopic (exact) mass is 398 g/mol. The Labute approximate surface area is 122 Å². The normalized spacial score (nSPS) is 8.75. The minimum atomic E-state index is 0. The van der Waals surface area contributed by atoms with E-state index in [1.165, 1.54) is 11.1 Å². The maximum absolute atomic E-state index is 2.18. The molecule has 0 aromatic heterocycles. The zero-order valence-corrected chi connectivity index (χ0v) is 13.5. The fraction of sp³-hybridized carbons (Fsp3) is 0.143. The predicted octanol–water partition coefficient (Wildman–Crippen LogP) is 3.89. The molecule has 0 saturated heterocycles. The van der Waals surface area contributed by atoms with Gasteiger partial charge in [0.15, 0.2) is 0 Å². The Morgan fingerprint density at radius 1 is 0.562 bits per heavy atom. The Kier molecular flexibility index (Phi) is 8.50. The summed E-state index contributed by atoms with van der Waals surface area (Å²) in [7, 11) is 0. The fourth-order valence-electron chi connectivity index (χ4n) is 1.58. The molecule has 0 bridgehead atoms. The van der Waals surface area contributed by atoms with Crippen molar-refractivity contribution in [1.82, 2.24) is 0 Å². The quantitative estimate of drug-likeness (QED) is 0.690. The molecular formula is C14H15ClHf. The van der Waals surface area contributed by atoms with Crippen molar-refractivity contribution in [1.29, 1.82) is 0 Å². The van der Waals surface area contributed by atoms with Crippen molar-refractivity contribution >= 4 is 12.4 Å². The van der Waals surface area contributed by atoms with Crippen LogP contribution in [-0.4, -0.2) is 0 Å². The molecule has 0 radical (unpaired) electrons. The fourth-order valence-corrected chi connectivity index (χ4v) is 1.58. The molecule has 0 unspecified atom stereocenters. The molecule has 2 aromatic carbocycles. The molecule has 0 aliphatic heterocycles. The molecule has 82 valence electrons. The van der Waals surface area contributed by atoms with Crippen LogP contribution in [0.3, 0.4) is 0 Å². The molecule has 2 heteroatoms. The van der Waals surface area contributed by atoms with Gasteiger partial charge in [-0.3, -0.25) is 0 Å². The Balaban J connectivity index is 0.00000112. The minimum Gasteiger partial charge on any atom is -0.147 e. The first-order chi connectivity index (χ1) is 6.95. The van der Waals surface area contributed by atoms with E-state index in [4.69, 9.17) is 0 Å². The Morgan fingerprint density at radius 2 is 0.875 bits per heavy atom. The second kappa shape index (κ2) is 8.72. The first kappa shape index (κ1) is 15.6. The molecule has 0 aliphatic rings. The van der Waals surface area contributed by atoms with Gasteiger partial charge in [0.05, 0.1) is 0 Å². The summed E-state index contributed by atoms with van der Waals surface area (Å²) in [5.41, 5.74) is 2.83. The summed E-state index contributed by atoms with van der Waals surface area (Å²) < 4.78 is 0. The molecular weight excluding hydrogens is 382 g/mol. The minimum absolute atomic E-state index is 0. The van der Waals surface area contributed by atoms with E-state index in [0.29, 0.717) is 0 Å². The first-order valence-electron chi connectivity index (χ1n) is 5.03. The van der Waals surface area contributed by atoms with Crippen LogP contribution >= 0.6 is 12.4 Å². The van der Waals surface area contributed by atoms with E-state index in [1.54, 1.807) is 0 Å². The van der Waals surface area contributed by atoms with Crippen LogP contribution in [0.2, 0.25) is 0 Å². The summed E-state index contributed by atoms with van der Waals surface area (Å²) in [5.74, 6) is 0. The van der Waals surface area contributed by atoms with Crippen LogP contribution in [0.15, 0.2) is 60.7 Å². The van der Waals surface area contributed by atoms with Crippen molar-refractivity contribution in [2.75, 3.05) is 0 Å². The summed E-state index contributed by atoms with van der Waals surface area (Å²) in [4.78, 5) is 0. The third-order valence-corrected chi connectivity index (χ3v) is 2.39. The van der Waals surface area contributed by atoms with E-state index in [1.807, 2.05) is 0 Å². The molecule has 0 N–H and O–H groups in total. The van der Waals surface area contributed by atoms with E-state index in [2.05, 4.69) is 60.7 Å². The van der Waals surface area contributed by atoms with Gasteiger partial charge < -0.3 is 0 Å². The van der Waals surface area contributed by atoms with Crippen molar-refractivity contribution in [3.63, 3.8) is 0 Å². The zero-order valence-electron chi connectivity index (χ0n) is 9.10. The van der Waals surface area contributed by atoms with Gasteiger partial charge >= 0.3 is 0 Å². The van der Waals surface area contributed by atoms with Crippen molar-refractivity contribution in [2.24, 2.45) is 0 Å². The molecule has 0 aliphatic carbocycles. The van der Waals surface area contributed by atoms with Crippen LogP contribution in [0, 0.1) is 0 Å². The third-order valence-electron chi connectivity index (χ3n) is 2.39. The first-order valence-corrected chi connectivity index (χ1v) is 5.03. The van der Waals surface area contributed by atoms with Crippen molar-refractivity contribution in [3.05, 3.63) is 71.8 Å². The average Bonchev–Trinajstić information content (AvgIpc) is 2.29. The Bertz CT molecular complexity index is 333. The largest absolute Gasteiger partial charge is 0.147 e. The van der Waals surface area contributed by atoms with Gasteiger partial charge in [0, 0.05) is 25.8 Å². The number of hydrogen-bond donors (Lipinski definition) is 0. The Hall–Kier alpha value is -0.400. The standard InChI is InChI=1S/C14H14.ClH.Hf/c1-3-7-13(8-4-1)11-12-14-9-5-2-6-10-14;;/h1-10H,11-12H2;1H;. The maximum Gasteiger partial charge on any atom is 0 e. The zero-order chi connectivity index (χ0) is 9.64. The van der Waals surface area contributed by atoms with Crippen LogP contribution in [0.1, 0.15) is 11.1 Å². The SMILES string of the molecule is Cl.[Hf].c1ccc(CCc2ccccc2)cc1. The van der Waals surface area contributed by atoms with Crippen LogP contribution in [0.4, 0.5) is 0 Å². The van der Waals surface area contributed by atoms with E-state index in [-0.39, 0.29) is 38.3 Å². The smallest absolute Gasteiger partial charge is 0 e. The van der Waals surface area contributed by atoms with Gasteiger partial charge in [-0.05, 0) is 24.0 Å². The van der Waals surface area contributed by atoms with Crippen molar-refractivity contribution in [2.45, 2.75) is 12.8 Å². The van der Waals surface area contributed by atoms with E-state index >= 15 is 0 Å². The van der Waals surface area contributed by atoms with Gasteiger partial charge in [-0.15, -0.1) is 12.4 Å².